The number of anilines is 1. The smallest absolute Gasteiger partial charge is 0.459 e. The lowest BCUT2D eigenvalue weighted by molar-refractivity contribution is -0.149. The molecule has 6 atom stereocenters. The van der Waals surface area contributed by atoms with E-state index in [4.69, 9.17) is 30.0 Å². The molecule has 1 saturated heterocycles. The molecule has 0 radical (unpaired) electrons. The molecule has 3 rings (SSSR count). The number of aromatic nitrogens is 2. The molecule has 0 bridgehead atoms. The molecule has 2 heterocycles. The molecule has 0 spiro atoms. The van der Waals surface area contributed by atoms with Gasteiger partial charge in [-0.1, -0.05) is 18.2 Å². The first kappa shape index (κ1) is 27.7. The molecule has 1 fully saturated rings. The molecule has 2 aromatic rings. The van der Waals surface area contributed by atoms with Crippen LogP contribution in [0, 0.1) is 0 Å². The Bertz CT molecular complexity index is 1170. The van der Waals surface area contributed by atoms with Gasteiger partial charge in [0.25, 0.3) is 0 Å². The van der Waals surface area contributed by atoms with Gasteiger partial charge in [-0.05, 0) is 39.0 Å². The zero-order valence-electron chi connectivity index (χ0n) is 19.8. The number of aliphatic hydroxyl groups excluding tert-OH is 1. The minimum absolute atomic E-state index is 0.0947. The number of carbonyl (C=O) groups excluding carboxylic acids is 1. The van der Waals surface area contributed by atoms with E-state index >= 15 is 0 Å². The van der Waals surface area contributed by atoms with E-state index < -0.39 is 62.4 Å². The molecule has 1 aromatic carbocycles. The molecule has 1 aliphatic heterocycles. The van der Waals surface area contributed by atoms with Crippen molar-refractivity contribution in [1.29, 1.82) is 0 Å². The Morgan fingerprint density at radius 1 is 1.33 bits per heavy atom. The standard InChI is InChI=1S/C21H29FN5O8P/c1-12(2)33-19(29)13(3)26-36(31,35-14-7-5-4-6-8-14)32-11-21(24)17(28)16(22)18(34-21)27-10-9-15(23)25-20(27)30/h4-10,12-13,16-18,28H,11,24H2,1-3H3,(H,26,31)(H2,23,25,30)/t13-,16?,17?,18?,21?,36?/m0/s1. The first-order chi connectivity index (χ1) is 16.8. The molecule has 0 saturated carbocycles. The highest BCUT2D eigenvalue weighted by atomic mass is 31.2. The highest BCUT2D eigenvalue weighted by molar-refractivity contribution is 7.52. The Labute approximate surface area is 206 Å². The van der Waals surface area contributed by atoms with Gasteiger partial charge >= 0.3 is 19.4 Å². The number of nitrogens with two attached hydrogens (primary N) is 2. The van der Waals surface area contributed by atoms with Crippen molar-refractivity contribution in [3.05, 3.63) is 53.1 Å². The third kappa shape index (κ3) is 6.46. The minimum Gasteiger partial charge on any atom is -0.462 e. The molecular formula is C21H29FN5O8P. The van der Waals surface area contributed by atoms with Crippen molar-refractivity contribution >= 4 is 19.5 Å². The van der Waals surface area contributed by atoms with Crippen LogP contribution in [-0.4, -0.2) is 57.4 Å². The van der Waals surface area contributed by atoms with Gasteiger partial charge in [0.1, 0.15) is 30.3 Å². The van der Waals surface area contributed by atoms with E-state index in [1.165, 1.54) is 25.1 Å². The molecule has 13 nitrogen and oxygen atoms in total. The summed E-state index contributed by atoms with van der Waals surface area (Å²) in [6.45, 7) is 3.81. The summed E-state index contributed by atoms with van der Waals surface area (Å²) in [7, 11) is -4.39. The Morgan fingerprint density at radius 2 is 2.00 bits per heavy atom. The zero-order chi connectivity index (χ0) is 26.7. The van der Waals surface area contributed by atoms with Crippen LogP contribution in [0.5, 0.6) is 5.75 Å². The monoisotopic (exact) mass is 529 g/mol. The topological polar surface area (TPSA) is 190 Å². The normalized spacial score (nSPS) is 26.4. The van der Waals surface area contributed by atoms with Crippen molar-refractivity contribution in [3.63, 3.8) is 0 Å². The lowest BCUT2D eigenvalue weighted by atomic mass is 10.1. The number of benzene rings is 1. The Kier molecular flexibility index (Phi) is 8.49. The van der Waals surface area contributed by atoms with Crippen LogP contribution < -0.4 is 26.8 Å². The maximum Gasteiger partial charge on any atom is 0.459 e. The fourth-order valence-electron chi connectivity index (χ4n) is 3.25. The first-order valence-corrected chi connectivity index (χ1v) is 12.5. The summed E-state index contributed by atoms with van der Waals surface area (Å²) in [5.41, 5.74) is 8.32. The quantitative estimate of drug-likeness (QED) is 0.251. The summed E-state index contributed by atoms with van der Waals surface area (Å²) in [4.78, 5) is 27.9. The van der Waals surface area contributed by atoms with Gasteiger partial charge in [0.15, 0.2) is 18.1 Å². The summed E-state index contributed by atoms with van der Waals surface area (Å²) >= 11 is 0. The summed E-state index contributed by atoms with van der Waals surface area (Å²) in [6, 6.07) is 7.99. The molecule has 15 heteroatoms. The Balaban J connectivity index is 1.81. The first-order valence-electron chi connectivity index (χ1n) is 10.9. The molecule has 0 aliphatic carbocycles. The van der Waals surface area contributed by atoms with E-state index in [9.17, 15) is 23.7 Å². The fraction of sp³-hybridized carbons (Fsp3) is 0.476. The third-order valence-electron chi connectivity index (χ3n) is 5.03. The molecular weight excluding hydrogens is 500 g/mol. The molecule has 1 aliphatic rings. The zero-order valence-corrected chi connectivity index (χ0v) is 20.7. The van der Waals surface area contributed by atoms with Gasteiger partial charge in [-0.2, -0.15) is 10.1 Å². The van der Waals surface area contributed by atoms with Crippen molar-refractivity contribution in [2.45, 2.75) is 57.1 Å². The van der Waals surface area contributed by atoms with Gasteiger partial charge in [0, 0.05) is 6.20 Å². The maximum atomic E-state index is 14.9. The average molecular weight is 529 g/mol. The van der Waals surface area contributed by atoms with E-state index in [2.05, 4.69) is 10.1 Å². The number of hydrogen-bond donors (Lipinski definition) is 4. The average Bonchev–Trinajstić information content (AvgIpc) is 3.02. The second-order valence-corrected chi connectivity index (χ2v) is 10.1. The fourth-order valence-corrected chi connectivity index (χ4v) is 4.79. The van der Waals surface area contributed by atoms with Crippen LogP contribution in [-0.2, 0) is 23.4 Å². The van der Waals surface area contributed by atoms with E-state index in [-0.39, 0.29) is 11.6 Å². The molecule has 0 amide bonds. The number of rotatable bonds is 10. The maximum absolute atomic E-state index is 14.9. The number of nitrogens with one attached hydrogen (secondary N) is 1. The number of ether oxygens (including phenoxy) is 2. The van der Waals surface area contributed by atoms with Crippen LogP contribution in [0.1, 0.15) is 27.0 Å². The minimum atomic E-state index is -4.39. The van der Waals surface area contributed by atoms with E-state index in [1.807, 2.05) is 0 Å². The molecule has 1 aromatic heterocycles. The van der Waals surface area contributed by atoms with Crippen molar-refractivity contribution < 1.29 is 37.4 Å². The van der Waals surface area contributed by atoms with Crippen molar-refractivity contribution in [2.24, 2.45) is 5.73 Å². The van der Waals surface area contributed by atoms with Gasteiger partial charge in [-0.3, -0.25) is 19.6 Å². The number of aliphatic hydroxyl groups is 1. The number of esters is 1. The highest BCUT2D eigenvalue weighted by Gasteiger charge is 2.55. The number of para-hydroxylation sites is 1. The SMILES string of the molecule is CC(C)OC(=O)[C@H](C)NP(=O)(OCC1(N)OC(n2ccc(N)nc2=O)C(F)C1O)Oc1ccccc1. The van der Waals surface area contributed by atoms with Crippen LogP contribution in [0.2, 0.25) is 0 Å². The Hall–Kier alpha value is -2.87. The third-order valence-corrected chi connectivity index (χ3v) is 6.65. The lowest BCUT2D eigenvalue weighted by Gasteiger charge is -2.30. The number of alkyl halides is 1. The molecule has 5 unspecified atom stereocenters. The number of halogens is 1. The summed E-state index contributed by atoms with van der Waals surface area (Å²) in [5, 5.41) is 12.9. The highest BCUT2D eigenvalue weighted by Crippen LogP contribution is 2.47. The molecule has 6 N–H and O–H groups in total. The summed E-state index contributed by atoms with van der Waals surface area (Å²) < 4.78 is 50.7. The van der Waals surface area contributed by atoms with Gasteiger partial charge in [-0.15, -0.1) is 0 Å². The molecule has 36 heavy (non-hydrogen) atoms. The van der Waals surface area contributed by atoms with Crippen molar-refractivity contribution in [2.75, 3.05) is 12.3 Å². The summed E-state index contributed by atoms with van der Waals surface area (Å²) in [5.74, 6) is -0.704. The number of nitrogen functional groups attached to an aromatic ring is 1. The predicted molar refractivity (Wildman–Crippen MR) is 125 cm³/mol. The number of hydrogen-bond acceptors (Lipinski definition) is 11. The van der Waals surface area contributed by atoms with Crippen molar-refractivity contribution in [1.82, 2.24) is 14.6 Å². The van der Waals surface area contributed by atoms with Crippen molar-refractivity contribution in [3.8, 4) is 5.75 Å². The van der Waals surface area contributed by atoms with Gasteiger partial charge in [0.05, 0.1) is 6.10 Å². The predicted octanol–water partition coefficient (Wildman–Crippen LogP) is 0.842. The number of nitrogens with zero attached hydrogens (tertiary/aromatic N) is 2. The van der Waals surface area contributed by atoms with Crippen LogP contribution in [0.4, 0.5) is 10.2 Å². The van der Waals surface area contributed by atoms with E-state index in [0.29, 0.717) is 0 Å². The van der Waals surface area contributed by atoms with E-state index in [0.717, 1.165) is 10.8 Å². The van der Waals surface area contributed by atoms with Crippen LogP contribution in [0.3, 0.4) is 0 Å². The van der Waals surface area contributed by atoms with Crippen LogP contribution >= 0.6 is 7.75 Å². The largest absolute Gasteiger partial charge is 0.462 e. The van der Waals surface area contributed by atoms with Gasteiger partial charge in [0.2, 0.25) is 0 Å². The van der Waals surface area contributed by atoms with Gasteiger partial charge < -0.3 is 24.8 Å². The van der Waals surface area contributed by atoms with Gasteiger partial charge in [-0.25, -0.2) is 13.8 Å². The summed E-state index contributed by atoms with van der Waals surface area (Å²) in [6.07, 6.45) is -5.15. The molecule has 198 valence electrons. The second-order valence-electron chi connectivity index (χ2n) is 8.41. The van der Waals surface area contributed by atoms with E-state index in [1.54, 1.807) is 32.0 Å². The van der Waals surface area contributed by atoms with Crippen LogP contribution in [0.25, 0.3) is 0 Å². The number of carbonyl (C=O) groups is 1. The second kappa shape index (κ2) is 11.0. The van der Waals surface area contributed by atoms with Crippen LogP contribution in [0.15, 0.2) is 47.4 Å². The Morgan fingerprint density at radius 3 is 2.61 bits per heavy atom. The lowest BCUT2D eigenvalue weighted by Crippen LogP contribution is -2.54.